The van der Waals surface area contributed by atoms with Crippen molar-refractivity contribution in [2.75, 3.05) is 20.1 Å². The number of nitrogens with zero attached hydrogens (tertiary/aromatic N) is 2. The van der Waals surface area contributed by atoms with Gasteiger partial charge in [0, 0.05) is 19.6 Å². The zero-order valence-corrected chi connectivity index (χ0v) is 19.9. The first-order valence-corrected chi connectivity index (χ1v) is 13.0. The van der Waals surface area contributed by atoms with Gasteiger partial charge in [-0.15, -0.1) is 0 Å². The average molecular weight is 439 g/mol. The minimum atomic E-state index is -0.121. The van der Waals surface area contributed by atoms with Gasteiger partial charge in [-0.05, 0) is 56.0 Å². The summed E-state index contributed by atoms with van der Waals surface area (Å²) in [4.78, 5) is 16.7. The molecule has 1 amide bonds. The number of benzene rings is 1. The van der Waals surface area contributed by atoms with Crippen molar-refractivity contribution >= 4 is 11.9 Å². The number of amides is 1. The number of nitrogens with one attached hydrogen (secondary N) is 2. The van der Waals surface area contributed by atoms with Crippen LogP contribution in [0.2, 0.25) is 0 Å². The number of hydrogen-bond acceptors (Lipinski definition) is 3. The van der Waals surface area contributed by atoms with Crippen LogP contribution in [0.1, 0.15) is 76.2 Å². The lowest BCUT2D eigenvalue weighted by molar-refractivity contribution is -0.127. The number of carbonyl (C=O) groups excluding carboxylic acids is 1. The maximum Gasteiger partial charge on any atom is 0.251 e. The Hall–Kier alpha value is -1.88. The maximum absolute atomic E-state index is 13.0. The van der Waals surface area contributed by atoms with Crippen molar-refractivity contribution in [1.29, 1.82) is 5.41 Å². The number of likely N-dealkylation sites (N-methyl/N-ethyl adjacent to an activating group) is 1. The Balaban J connectivity index is 1.28. The molecule has 0 bridgehead atoms. The maximum atomic E-state index is 13.0. The summed E-state index contributed by atoms with van der Waals surface area (Å²) in [5, 5.41) is 12.3. The summed E-state index contributed by atoms with van der Waals surface area (Å²) in [6.45, 7) is 1.89. The van der Waals surface area contributed by atoms with Crippen LogP contribution in [0.25, 0.3) is 0 Å². The molecular formula is C27H42N4O. The predicted molar refractivity (Wildman–Crippen MR) is 131 cm³/mol. The zero-order valence-electron chi connectivity index (χ0n) is 19.9. The summed E-state index contributed by atoms with van der Waals surface area (Å²) >= 11 is 0. The van der Waals surface area contributed by atoms with E-state index < -0.39 is 0 Å². The Morgan fingerprint density at radius 3 is 2.53 bits per heavy atom. The molecule has 0 aromatic heterocycles. The van der Waals surface area contributed by atoms with Crippen LogP contribution in [0.5, 0.6) is 0 Å². The van der Waals surface area contributed by atoms with E-state index in [1.54, 1.807) is 11.9 Å². The van der Waals surface area contributed by atoms with Crippen molar-refractivity contribution in [3.63, 3.8) is 0 Å². The molecule has 2 saturated carbocycles. The van der Waals surface area contributed by atoms with Crippen molar-refractivity contribution in [1.82, 2.24) is 15.1 Å². The molecule has 0 unspecified atom stereocenters. The van der Waals surface area contributed by atoms with E-state index in [4.69, 9.17) is 5.41 Å². The van der Waals surface area contributed by atoms with Gasteiger partial charge in [0.1, 0.15) is 6.04 Å². The molecular weight excluding hydrogens is 396 g/mol. The van der Waals surface area contributed by atoms with Gasteiger partial charge in [-0.25, -0.2) is 0 Å². The highest BCUT2D eigenvalue weighted by molar-refractivity contribution is 6.04. The predicted octanol–water partition coefficient (Wildman–Crippen LogP) is 4.82. The van der Waals surface area contributed by atoms with Crippen LogP contribution < -0.4 is 5.32 Å². The van der Waals surface area contributed by atoms with E-state index in [1.807, 2.05) is 0 Å². The summed E-state index contributed by atoms with van der Waals surface area (Å²) < 4.78 is 0. The normalized spacial score (nSPS) is 27.3. The molecule has 1 saturated heterocycles. The van der Waals surface area contributed by atoms with Crippen LogP contribution in [0.15, 0.2) is 30.3 Å². The lowest BCUT2D eigenvalue weighted by Crippen LogP contribution is -2.41. The summed E-state index contributed by atoms with van der Waals surface area (Å²) in [5.41, 5.74) is 1.39. The molecule has 4 rings (SSSR count). The van der Waals surface area contributed by atoms with E-state index in [0.29, 0.717) is 17.9 Å². The molecule has 176 valence electrons. The van der Waals surface area contributed by atoms with Gasteiger partial charge in [0.25, 0.3) is 5.91 Å². The lowest BCUT2D eigenvalue weighted by atomic mass is 9.81. The van der Waals surface area contributed by atoms with Crippen LogP contribution in [0.4, 0.5) is 0 Å². The van der Waals surface area contributed by atoms with E-state index in [-0.39, 0.29) is 11.9 Å². The van der Waals surface area contributed by atoms with Crippen molar-refractivity contribution in [3.05, 3.63) is 35.9 Å². The highest BCUT2D eigenvalue weighted by Crippen LogP contribution is 2.33. The third-order valence-electron chi connectivity index (χ3n) is 8.11. The van der Waals surface area contributed by atoms with Crippen LogP contribution in [0, 0.1) is 17.2 Å². The largest absolute Gasteiger partial charge is 0.331 e. The van der Waals surface area contributed by atoms with E-state index >= 15 is 0 Å². The molecule has 5 nitrogen and oxygen atoms in total. The van der Waals surface area contributed by atoms with Crippen LogP contribution >= 0.6 is 0 Å². The molecule has 3 aliphatic rings. The molecule has 1 aromatic carbocycles. The number of hydrogen-bond donors (Lipinski definition) is 2. The smallest absolute Gasteiger partial charge is 0.251 e. The van der Waals surface area contributed by atoms with Gasteiger partial charge in [0.2, 0.25) is 5.96 Å². The first kappa shape index (κ1) is 23.3. The molecule has 2 aliphatic carbocycles. The second kappa shape index (κ2) is 11.3. The first-order valence-electron chi connectivity index (χ1n) is 13.0. The van der Waals surface area contributed by atoms with Gasteiger partial charge in [0.15, 0.2) is 0 Å². The molecule has 32 heavy (non-hydrogen) atoms. The lowest BCUT2D eigenvalue weighted by Gasteiger charge is -2.33. The van der Waals surface area contributed by atoms with Gasteiger partial charge in [-0.3, -0.25) is 15.1 Å². The molecule has 1 aliphatic heterocycles. The summed E-state index contributed by atoms with van der Waals surface area (Å²) in [6.07, 6.45) is 14.7. The fourth-order valence-electron chi connectivity index (χ4n) is 6.16. The zero-order chi connectivity index (χ0) is 22.3. The van der Waals surface area contributed by atoms with Crippen LogP contribution in [-0.2, 0) is 11.2 Å². The summed E-state index contributed by atoms with van der Waals surface area (Å²) in [7, 11) is 1.78. The summed E-state index contributed by atoms with van der Waals surface area (Å²) in [5.74, 6) is 1.91. The quantitative estimate of drug-likeness (QED) is 0.581. The topological polar surface area (TPSA) is 59.4 Å². The van der Waals surface area contributed by atoms with Crippen molar-refractivity contribution in [2.45, 2.75) is 89.1 Å². The summed E-state index contributed by atoms with van der Waals surface area (Å²) in [6, 6.07) is 11.1. The third kappa shape index (κ3) is 5.92. The van der Waals surface area contributed by atoms with Gasteiger partial charge in [0.05, 0.1) is 0 Å². The molecule has 2 N–H and O–H groups in total. The highest BCUT2D eigenvalue weighted by atomic mass is 16.2. The number of carbonyl (C=O) groups is 1. The molecule has 0 radical (unpaired) electrons. The van der Waals surface area contributed by atoms with E-state index in [1.165, 1.54) is 56.9 Å². The van der Waals surface area contributed by atoms with Crippen molar-refractivity contribution < 1.29 is 4.79 Å². The Morgan fingerprint density at radius 1 is 1.00 bits per heavy atom. The van der Waals surface area contributed by atoms with E-state index in [0.717, 1.165) is 44.7 Å². The minimum Gasteiger partial charge on any atom is -0.331 e. The van der Waals surface area contributed by atoms with Gasteiger partial charge in [-0.1, -0.05) is 75.3 Å². The van der Waals surface area contributed by atoms with Crippen LogP contribution in [-0.4, -0.2) is 53.9 Å². The highest BCUT2D eigenvalue weighted by Gasteiger charge is 2.42. The van der Waals surface area contributed by atoms with Gasteiger partial charge in [-0.2, -0.15) is 0 Å². The fourth-order valence-corrected chi connectivity index (χ4v) is 6.16. The van der Waals surface area contributed by atoms with E-state index in [2.05, 4.69) is 40.5 Å². The van der Waals surface area contributed by atoms with Gasteiger partial charge < -0.3 is 10.2 Å². The molecule has 3 atom stereocenters. The Morgan fingerprint density at radius 2 is 1.75 bits per heavy atom. The molecule has 0 spiro atoms. The molecule has 1 aromatic rings. The Labute approximate surface area is 194 Å². The Bertz CT molecular complexity index is 745. The first-order chi connectivity index (χ1) is 15.6. The van der Waals surface area contributed by atoms with Crippen molar-refractivity contribution in [2.24, 2.45) is 11.8 Å². The monoisotopic (exact) mass is 438 g/mol. The minimum absolute atomic E-state index is 0.121. The van der Waals surface area contributed by atoms with E-state index in [9.17, 15) is 4.79 Å². The SMILES string of the molecule is CN1C(=N)N(CCC2CCCCC2)[C@H](C[C@H]2CCC[C@H](NCCc3ccccc3)C2)C1=O. The second-order valence-corrected chi connectivity index (χ2v) is 10.4. The second-order valence-electron chi connectivity index (χ2n) is 10.4. The standard InChI is InChI=1S/C27H42N4O/c1-30-26(32)25(31(27(30)28)18-16-22-11-6-3-7-12-22)20-23-13-8-14-24(19-23)29-17-15-21-9-4-2-5-10-21/h2,4-5,9-10,22-25,28-29H,3,6-8,11-20H2,1H3/t23-,24-,25+/m0/s1. The van der Waals surface area contributed by atoms with Crippen LogP contribution in [0.3, 0.4) is 0 Å². The molecule has 5 heteroatoms. The average Bonchev–Trinajstić information content (AvgIpc) is 3.02. The number of guanidine groups is 1. The van der Waals surface area contributed by atoms with Gasteiger partial charge >= 0.3 is 0 Å². The molecule has 3 fully saturated rings. The number of rotatable bonds is 9. The van der Waals surface area contributed by atoms with Crippen molar-refractivity contribution in [3.8, 4) is 0 Å². The Kier molecular flexibility index (Phi) is 8.23. The molecule has 1 heterocycles. The third-order valence-corrected chi connectivity index (χ3v) is 8.11. The fraction of sp³-hybridized carbons (Fsp3) is 0.704.